The standard InChI is InChI=1S/C14H9Cl2FN2O2/c15-8-4-5-9(13(20)6-8)14(21)19-18-7-10-11(16)2-1-3-12(10)17/h1-7,20H,(H,19,21). The summed E-state index contributed by atoms with van der Waals surface area (Å²) in [4.78, 5) is 11.8. The molecule has 0 spiro atoms. The summed E-state index contributed by atoms with van der Waals surface area (Å²) >= 11 is 11.5. The summed E-state index contributed by atoms with van der Waals surface area (Å²) in [6.45, 7) is 0. The molecule has 0 fully saturated rings. The van der Waals surface area contributed by atoms with Gasteiger partial charge in [-0.05, 0) is 30.3 Å². The molecule has 21 heavy (non-hydrogen) atoms. The number of amides is 1. The van der Waals surface area contributed by atoms with E-state index < -0.39 is 11.7 Å². The van der Waals surface area contributed by atoms with Gasteiger partial charge in [-0.2, -0.15) is 5.10 Å². The molecule has 0 saturated heterocycles. The van der Waals surface area contributed by atoms with Gasteiger partial charge >= 0.3 is 0 Å². The van der Waals surface area contributed by atoms with Crippen LogP contribution in [0.4, 0.5) is 4.39 Å². The van der Waals surface area contributed by atoms with Crippen LogP contribution in [0.25, 0.3) is 0 Å². The summed E-state index contributed by atoms with van der Waals surface area (Å²) in [6.07, 6.45) is 1.09. The maximum absolute atomic E-state index is 13.5. The van der Waals surface area contributed by atoms with Gasteiger partial charge in [-0.1, -0.05) is 29.3 Å². The van der Waals surface area contributed by atoms with Crippen molar-refractivity contribution in [2.75, 3.05) is 0 Å². The molecule has 2 aromatic carbocycles. The lowest BCUT2D eigenvalue weighted by molar-refractivity contribution is 0.0952. The van der Waals surface area contributed by atoms with E-state index in [4.69, 9.17) is 23.2 Å². The van der Waals surface area contributed by atoms with E-state index in [-0.39, 0.29) is 21.9 Å². The molecular formula is C14H9Cl2FN2O2. The fraction of sp³-hybridized carbons (Fsp3) is 0. The lowest BCUT2D eigenvalue weighted by Crippen LogP contribution is -2.17. The van der Waals surface area contributed by atoms with Crippen LogP contribution in [0, 0.1) is 5.82 Å². The molecule has 0 radical (unpaired) electrons. The second kappa shape index (κ2) is 6.56. The molecule has 0 aliphatic rings. The van der Waals surface area contributed by atoms with Crippen LogP contribution in [0.2, 0.25) is 10.0 Å². The van der Waals surface area contributed by atoms with Crippen LogP contribution in [0.15, 0.2) is 41.5 Å². The lowest BCUT2D eigenvalue weighted by atomic mass is 10.2. The Balaban J connectivity index is 2.12. The van der Waals surface area contributed by atoms with Crippen LogP contribution in [-0.4, -0.2) is 17.2 Å². The minimum atomic E-state index is -0.659. The summed E-state index contributed by atoms with van der Waals surface area (Å²) in [7, 11) is 0. The summed E-state index contributed by atoms with van der Waals surface area (Å²) in [5.74, 6) is -1.50. The van der Waals surface area contributed by atoms with E-state index >= 15 is 0 Å². The molecule has 0 heterocycles. The molecule has 1 amide bonds. The Bertz CT molecular complexity index is 700. The Labute approximate surface area is 129 Å². The fourth-order valence-corrected chi connectivity index (χ4v) is 1.92. The van der Waals surface area contributed by atoms with Gasteiger partial charge < -0.3 is 5.11 Å². The Hall–Kier alpha value is -2.11. The smallest absolute Gasteiger partial charge is 0.275 e. The number of aromatic hydroxyl groups is 1. The lowest BCUT2D eigenvalue weighted by Gasteiger charge is -2.03. The first-order valence-corrected chi connectivity index (χ1v) is 6.50. The van der Waals surface area contributed by atoms with Crippen LogP contribution >= 0.6 is 23.2 Å². The fourth-order valence-electron chi connectivity index (χ4n) is 1.55. The summed E-state index contributed by atoms with van der Waals surface area (Å²) < 4.78 is 13.5. The average molecular weight is 327 g/mol. The highest BCUT2D eigenvalue weighted by molar-refractivity contribution is 6.33. The number of phenols is 1. The van der Waals surface area contributed by atoms with Crippen molar-refractivity contribution in [3.8, 4) is 5.75 Å². The van der Waals surface area contributed by atoms with Gasteiger partial charge in [0.1, 0.15) is 11.6 Å². The van der Waals surface area contributed by atoms with Gasteiger partial charge in [0, 0.05) is 10.6 Å². The zero-order valence-electron chi connectivity index (χ0n) is 10.5. The Kier molecular flexibility index (Phi) is 4.77. The molecule has 2 aromatic rings. The molecule has 0 aromatic heterocycles. The molecular weight excluding hydrogens is 318 g/mol. The first-order chi connectivity index (χ1) is 9.99. The van der Waals surface area contributed by atoms with Crippen molar-refractivity contribution < 1.29 is 14.3 Å². The summed E-state index contributed by atoms with van der Waals surface area (Å²) in [5, 5.41) is 13.7. The number of benzene rings is 2. The van der Waals surface area contributed by atoms with E-state index in [1.807, 2.05) is 0 Å². The molecule has 0 aliphatic carbocycles. The molecule has 108 valence electrons. The Morgan fingerprint density at radius 1 is 1.29 bits per heavy atom. The molecule has 0 atom stereocenters. The maximum atomic E-state index is 13.5. The highest BCUT2D eigenvalue weighted by Crippen LogP contribution is 2.21. The number of nitrogens with one attached hydrogen (secondary N) is 1. The number of hydrogen-bond donors (Lipinski definition) is 2. The van der Waals surface area contributed by atoms with E-state index in [1.54, 1.807) is 0 Å². The largest absolute Gasteiger partial charge is 0.507 e. The second-order valence-corrected chi connectivity index (χ2v) is 4.84. The molecule has 2 N–H and O–H groups in total. The van der Waals surface area contributed by atoms with Crippen LogP contribution < -0.4 is 5.43 Å². The van der Waals surface area contributed by atoms with Crippen molar-refractivity contribution >= 4 is 35.3 Å². The number of carbonyl (C=O) groups is 1. The molecule has 0 aliphatic heterocycles. The monoisotopic (exact) mass is 326 g/mol. The Morgan fingerprint density at radius 3 is 2.71 bits per heavy atom. The molecule has 7 heteroatoms. The number of rotatable bonds is 3. The van der Waals surface area contributed by atoms with Crippen LogP contribution in [0.5, 0.6) is 5.75 Å². The van der Waals surface area contributed by atoms with E-state index in [0.29, 0.717) is 5.02 Å². The zero-order valence-corrected chi connectivity index (χ0v) is 12.0. The molecule has 2 rings (SSSR count). The normalized spacial score (nSPS) is 10.8. The van der Waals surface area contributed by atoms with E-state index in [0.717, 1.165) is 6.21 Å². The molecule has 0 bridgehead atoms. The third kappa shape index (κ3) is 3.71. The van der Waals surface area contributed by atoms with Crippen molar-refractivity contribution in [3.63, 3.8) is 0 Å². The summed E-state index contributed by atoms with van der Waals surface area (Å²) in [5.41, 5.74) is 2.22. The van der Waals surface area contributed by atoms with Gasteiger partial charge in [0.15, 0.2) is 0 Å². The van der Waals surface area contributed by atoms with E-state index in [2.05, 4.69) is 10.5 Å². The predicted molar refractivity (Wildman–Crippen MR) is 79.6 cm³/mol. The first-order valence-electron chi connectivity index (χ1n) is 5.75. The SMILES string of the molecule is O=C(NN=Cc1c(F)cccc1Cl)c1ccc(Cl)cc1O. The maximum Gasteiger partial charge on any atom is 0.275 e. The third-order valence-corrected chi connectivity index (χ3v) is 3.13. The number of nitrogens with zero attached hydrogens (tertiary/aromatic N) is 1. The number of carbonyl (C=O) groups excluding carboxylic acids is 1. The van der Waals surface area contributed by atoms with Gasteiger partial charge in [-0.3, -0.25) is 4.79 Å². The number of hydrogen-bond acceptors (Lipinski definition) is 3. The highest BCUT2D eigenvalue weighted by atomic mass is 35.5. The third-order valence-electron chi connectivity index (χ3n) is 2.56. The van der Waals surface area contributed by atoms with Crippen LogP contribution in [-0.2, 0) is 0 Å². The summed E-state index contributed by atoms with van der Waals surface area (Å²) in [6, 6.07) is 8.21. The van der Waals surface area contributed by atoms with Gasteiger partial charge in [0.2, 0.25) is 0 Å². The highest BCUT2D eigenvalue weighted by Gasteiger charge is 2.10. The first kappa shape index (κ1) is 15.3. The number of halogens is 3. The van der Waals surface area contributed by atoms with Crippen molar-refractivity contribution in [3.05, 3.63) is 63.4 Å². The number of hydrazone groups is 1. The van der Waals surface area contributed by atoms with Crippen LogP contribution in [0.3, 0.4) is 0 Å². The number of phenolic OH excluding ortho intramolecular Hbond substituents is 1. The van der Waals surface area contributed by atoms with Gasteiger partial charge in [-0.15, -0.1) is 0 Å². The molecule has 0 unspecified atom stereocenters. The van der Waals surface area contributed by atoms with Gasteiger partial charge in [0.25, 0.3) is 5.91 Å². The predicted octanol–water partition coefficient (Wildman–Crippen LogP) is 3.60. The van der Waals surface area contributed by atoms with Crippen molar-refractivity contribution in [2.45, 2.75) is 0 Å². The second-order valence-electron chi connectivity index (χ2n) is 4.00. The van der Waals surface area contributed by atoms with Crippen molar-refractivity contribution in [1.82, 2.24) is 5.43 Å². The molecule has 4 nitrogen and oxygen atoms in total. The minimum absolute atomic E-state index is 0.00354. The average Bonchev–Trinajstić information content (AvgIpc) is 2.42. The quantitative estimate of drug-likeness (QED) is 0.668. The zero-order chi connectivity index (χ0) is 15.4. The van der Waals surface area contributed by atoms with E-state index in [9.17, 15) is 14.3 Å². The minimum Gasteiger partial charge on any atom is -0.507 e. The van der Waals surface area contributed by atoms with Crippen LogP contribution in [0.1, 0.15) is 15.9 Å². The van der Waals surface area contributed by atoms with Gasteiger partial charge in [-0.25, -0.2) is 9.82 Å². The van der Waals surface area contributed by atoms with E-state index in [1.165, 1.54) is 36.4 Å². The Morgan fingerprint density at radius 2 is 2.05 bits per heavy atom. The van der Waals surface area contributed by atoms with Crippen molar-refractivity contribution in [1.29, 1.82) is 0 Å². The topological polar surface area (TPSA) is 61.7 Å². The molecule has 0 saturated carbocycles. The van der Waals surface area contributed by atoms with Crippen molar-refractivity contribution in [2.24, 2.45) is 5.10 Å². The van der Waals surface area contributed by atoms with Gasteiger partial charge in [0.05, 0.1) is 16.8 Å².